The van der Waals surface area contributed by atoms with Crippen molar-refractivity contribution in [2.24, 2.45) is 5.10 Å². The average molecular weight is 583 g/mol. The maximum atomic E-state index is 4.90. The molecule has 0 bridgehead atoms. The summed E-state index contributed by atoms with van der Waals surface area (Å²) in [6.07, 6.45) is 4.21. The van der Waals surface area contributed by atoms with Crippen LogP contribution in [-0.4, -0.2) is 6.21 Å². The molecule has 0 heterocycles. The van der Waals surface area contributed by atoms with E-state index >= 15 is 0 Å². The Morgan fingerprint density at radius 2 is 0.778 bits per heavy atom. The molecule has 0 spiro atoms. The van der Waals surface area contributed by atoms with Crippen molar-refractivity contribution >= 4 is 29.2 Å². The third-order valence-electron chi connectivity index (χ3n) is 8.07. The molecule has 45 heavy (non-hydrogen) atoms. The molecule has 2 nitrogen and oxygen atoms in total. The molecule has 0 atom stereocenters. The lowest BCUT2D eigenvalue weighted by Gasteiger charge is -2.19. The summed E-state index contributed by atoms with van der Waals surface area (Å²) >= 11 is 0. The molecule has 0 saturated carbocycles. The predicted octanol–water partition coefficient (Wildman–Crippen LogP) is 11.3. The van der Waals surface area contributed by atoms with Gasteiger partial charge in [0, 0.05) is 0 Å². The van der Waals surface area contributed by atoms with Gasteiger partial charge in [0.2, 0.25) is 0 Å². The second-order valence-electron chi connectivity index (χ2n) is 11.8. The summed E-state index contributed by atoms with van der Waals surface area (Å²) in [4.78, 5) is 0. The van der Waals surface area contributed by atoms with Crippen LogP contribution in [-0.2, 0) is 0 Å². The van der Waals surface area contributed by atoms with Gasteiger partial charge in [0.05, 0.1) is 17.6 Å². The SMILES string of the molecule is Cc1ccc(C(=Cc2ccc(-c3ccc(C=NN(c4ccc(C)cc4)c4ccc(C)cc4)cc3)cc2)c2ccc(C)cc2)cc1. The van der Waals surface area contributed by atoms with Gasteiger partial charge >= 0.3 is 0 Å². The van der Waals surface area contributed by atoms with Crippen LogP contribution in [0.5, 0.6) is 0 Å². The molecule has 6 rings (SSSR count). The first-order valence-electron chi connectivity index (χ1n) is 15.4. The van der Waals surface area contributed by atoms with Crippen molar-refractivity contribution in [3.8, 4) is 11.1 Å². The first kappa shape index (κ1) is 29.6. The van der Waals surface area contributed by atoms with E-state index in [4.69, 9.17) is 5.10 Å². The summed E-state index contributed by atoms with van der Waals surface area (Å²) in [7, 11) is 0. The molecule has 0 N–H and O–H groups in total. The molecular weight excluding hydrogens is 544 g/mol. The van der Waals surface area contributed by atoms with Crippen molar-refractivity contribution in [2.75, 3.05) is 5.01 Å². The number of anilines is 2. The summed E-state index contributed by atoms with van der Waals surface area (Å²) in [5.41, 5.74) is 15.3. The number of aryl methyl sites for hydroxylation is 4. The zero-order chi connectivity index (χ0) is 31.2. The molecule has 0 unspecified atom stereocenters. The third-order valence-corrected chi connectivity index (χ3v) is 8.07. The van der Waals surface area contributed by atoms with Crippen molar-refractivity contribution in [3.63, 3.8) is 0 Å². The van der Waals surface area contributed by atoms with Crippen LogP contribution in [0, 0.1) is 27.7 Å². The van der Waals surface area contributed by atoms with Gasteiger partial charge in [-0.2, -0.15) is 5.10 Å². The van der Waals surface area contributed by atoms with Crippen LogP contribution < -0.4 is 5.01 Å². The number of hydrogen-bond acceptors (Lipinski definition) is 2. The Bertz CT molecular complexity index is 1820. The molecule has 0 saturated heterocycles. The van der Waals surface area contributed by atoms with Gasteiger partial charge in [0.25, 0.3) is 0 Å². The molecule has 0 aliphatic heterocycles. The van der Waals surface area contributed by atoms with Gasteiger partial charge < -0.3 is 0 Å². The van der Waals surface area contributed by atoms with Crippen LogP contribution in [0.3, 0.4) is 0 Å². The van der Waals surface area contributed by atoms with Crippen molar-refractivity contribution < 1.29 is 0 Å². The van der Waals surface area contributed by atoms with Gasteiger partial charge in [-0.15, -0.1) is 0 Å². The van der Waals surface area contributed by atoms with Crippen LogP contribution in [0.25, 0.3) is 22.8 Å². The van der Waals surface area contributed by atoms with Gasteiger partial charge in [-0.05, 0) is 97.0 Å². The van der Waals surface area contributed by atoms with E-state index < -0.39 is 0 Å². The fourth-order valence-corrected chi connectivity index (χ4v) is 5.28. The summed E-state index contributed by atoms with van der Waals surface area (Å²) < 4.78 is 0. The highest BCUT2D eigenvalue weighted by Gasteiger charge is 2.09. The van der Waals surface area contributed by atoms with Gasteiger partial charge in [-0.1, -0.05) is 144 Å². The van der Waals surface area contributed by atoms with Gasteiger partial charge in [0.1, 0.15) is 0 Å². The number of nitrogens with zero attached hydrogens (tertiary/aromatic N) is 2. The molecule has 0 amide bonds. The lowest BCUT2D eigenvalue weighted by molar-refractivity contribution is 1.09. The Kier molecular flexibility index (Phi) is 8.84. The van der Waals surface area contributed by atoms with Crippen molar-refractivity contribution in [1.82, 2.24) is 0 Å². The molecule has 220 valence electrons. The van der Waals surface area contributed by atoms with Crippen LogP contribution in [0.2, 0.25) is 0 Å². The van der Waals surface area contributed by atoms with Crippen LogP contribution in [0.4, 0.5) is 11.4 Å². The molecule has 6 aromatic rings. The molecule has 2 heteroatoms. The van der Waals surface area contributed by atoms with Crippen LogP contribution >= 0.6 is 0 Å². The Morgan fingerprint density at radius 1 is 0.422 bits per heavy atom. The molecule has 0 aliphatic rings. The van der Waals surface area contributed by atoms with E-state index in [1.807, 2.05) is 11.2 Å². The highest BCUT2D eigenvalue weighted by molar-refractivity contribution is 5.92. The molecule has 0 aliphatic carbocycles. The monoisotopic (exact) mass is 582 g/mol. The van der Waals surface area contributed by atoms with Crippen LogP contribution in [0.1, 0.15) is 44.5 Å². The lowest BCUT2D eigenvalue weighted by Crippen LogP contribution is -2.09. The fraction of sp³-hybridized carbons (Fsp3) is 0.0930. The Balaban J connectivity index is 1.23. The third kappa shape index (κ3) is 7.37. The Labute approximate surface area is 267 Å². The summed E-state index contributed by atoms with van der Waals surface area (Å²) in [6.45, 7) is 8.46. The van der Waals surface area contributed by atoms with E-state index in [9.17, 15) is 0 Å². The second kappa shape index (κ2) is 13.4. The first-order chi connectivity index (χ1) is 21.9. The van der Waals surface area contributed by atoms with E-state index in [0.29, 0.717) is 0 Å². The van der Waals surface area contributed by atoms with E-state index in [2.05, 4.69) is 179 Å². The quantitative estimate of drug-likeness (QED) is 0.0990. The largest absolute Gasteiger partial charge is 0.234 e. The minimum absolute atomic E-state index is 1.03. The summed E-state index contributed by atoms with van der Waals surface area (Å²) in [5, 5.41) is 6.88. The molecule has 0 fully saturated rings. The second-order valence-corrected chi connectivity index (χ2v) is 11.8. The average Bonchev–Trinajstić information content (AvgIpc) is 3.07. The summed E-state index contributed by atoms with van der Waals surface area (Å²) in [5.74, 6) is 0. The van der Waals surface area contributed by atoms with Gasteiger partial charge in [0.15, 0.2) is 0 Å². The van der Waals surface area contributed by atoms with E-state index in [0.717, 1.165) is 16.9 Å². The number of hydrazone groups is 1. The van der Waals surface area contributed by atoms with Crippen molar-refractivity contribution in [3.05, 3.63) is 190 Å². The lowest BCUT2D eigenvalue weighted by atomic mass is 9.94. The smallest absolute Gasteiger partial charge is 0.0652 e. The summed E-state index contributed by atoms with van der Waals surface area (Å²) in [6, 6.07) is 51.9. The zero-order valence-electron chi connectivity index (χ0n) is 26.4. The minimum Gasteiger partial charge on any atom is -0.234 e. The predicted molar refractivity (Wildman–Crippen MR) is 193 cm³/mol. The molecule has 0 radical (unpaired) electrons. The Hall–Kier alpha value is -5.47. The first-order valence-corrected chi connectivity index (χ1v) is 15.4. The topological polar surface area (TPSA) is 15.6 Å². The highest BCUT2D eigenvalue weighted by atomic mass is 15.5. The van der Waals surface area contributed by atoms with E-state index in [1.165, 1.54) is 55.6 Å². The number of rotatable bonds is 8. The highest BCUT2D eigenvalue weighted by Crippen LogP contribution is 2.29. The van der Waals surface area contributed by atoms with E-state index in [-0.39, 0.29) is 0 Å². The van der Waals surface area contributed by atoms with Crippen molar-refractivity contribution in [1.29, 1.82) is 0 Å². The number of hydrogen-bond donors (Lipinski definition) is 0. The van der Waals surface area contributed by atoms with Crippen LogP contribution in [0.15, 0.2) is 151 Å². The Morgan fingerprint density at radius 3 is 1.18 bits per heavy atom. The van der Waals surface area contributed by atoms with Crippen molar-refractivity contribution in [2.45, 2.75) is 27.7 Å². The molecular formula is C43H38N2. The fourth-order valence-electron chi connectivity index (χ4n) is 5.28. The van der Waals surface area contributed by atoms with E-state index in [1.54, 1.807) is 0 Å². The normalized spacial score (nSPS) is 11.0. The maximum Gasteiger partial charge on any atom is 0.0652 e. The minimum atomic E-state index is 1.03. The molecule has 6 aromatic carbocycles. The zero-order valence-corrected chi connectivity index (χ0v) is 26.4. The maximum absolute atomic E-state index is 4.90. The molecule has 0 aromatic heterocycles. The standard InChI is InChI=1S/C43H38N2/c1-31-5-17-39(18-6-31)43(40-19-7-32(2)8-20-40)29-35-13-21-37(22-14-35)38-23-15-36(16-24-38)30-44-45(41-25-9-33(3)10-26-41)42-27-11-34(4)12-28-42/h5-30H,1-4H3. The van der Waals surface area contributed by atoms with Gasteiger partial charge in [-0.3, -0.25) is 0 Å². The van der Waals surface area contributed by atoms with Gasteiger partial charge in [-0.25, -0.2) is 5.01 Å². The number of benzene rings is 6.